The van der Waals surface area contributed by atoms with Crippen LogP contribution in [-0.4, -0.2) is 16.5 Å². The monoisotopic (exact) mass is 333 g/mol. The van der Waals surface area contributed by atoms with Crippen LogP contribution in [0.4, 0.5) is 0 Å². The molecular weight excluding hydrogens is 318 g/mol. The number of fused-ring (bicyclic) bond motifs is 1. The molecule has 0 amide bonds. The van der Waals surface area contributed by atoms with Crippen LogP contribution < -0.4 is 0 Å². The molecule has 1 aromatic heterocycles. The first kappa shape index (κ1) is 15.2. The second kappa shape index (κ2) is 5.94. The van der Waals surface area contributed by atoms with Crippen molar-refractivity contribution in [3.05, 3.63) is 77.5 Å². The number of cyclic esters (lactones) is 2. The minimum atomic E-state index is -1.01. The average molecular weight is 333 g/mol. The van der Waals surface area contributed by atoms with Crippen molar-refractivity contribution in [1.82, 2.24) is 4.57 Å². The van der Waals surface area contributed by atoms with Gasteiger partial charge in [0.2, 0.25) is 0 Å². The van der Waals surface area contributed by atoms with Gasteiger partial charge in [0.25, 0.3) is 6.29 Å². The Hall–Kier alpha value is -3.34. The molecule has 0 aliphatic carbocycles. The molecule has 0 bridgehead atoms. The van der Waals surface area contributed by atoms with E-state index in [0.29, 0.717) is 5.56 Å². The van der Waals surface area contributed by atoms with Crippen molar-refractivity contribution in [1.29, 1.82) is 0 Å². The van der Waals surface area contributed by atoms with E-state index in [0.717, 1.165) is 16.5 Å². The van der Waals surface area contributed by atoms with E-state index in [-0.39, 0.29) is 5.57 Å². The van der Waals surface area contributed by atoms with Crippen molar-refractivity contribution >= 4 is 28.9 Å². The lowest BCUT2D eigenvalue weighted by atomic mass is 10.1. The number of esters is 2. The molecule has 0 saturated carbocycles. The normalized spacial score (nSPS) is 17.3. The van der Waals surface area contributed by atoms with Crippen molar-refractivity contribution < 1.29 is 19.1 Å². The van der Waals surface area contributed by atoms with Gasteiger partial charge in [-0.2, -0.15) is 0 Å². The van der Waals surface area contributed by atoms with Gasteiger partial charge in [0.1, 0.15) is 5.57 Å². The van der Waals surface area contributed by atoms with E-state index >= 15 is 0 Å². The predicted molar refractivity (Wildman–Crippen MR) is 92.3 cm³/mol. The van der Waals surface area contributed by atoms with Crippen LogP contribution in [0.3, 0.4) is 0 Å². The molecule has 5 nitrogen and oxygen atoms in total. The number of carbonyl (C=O) groups excluding carboxylic acids is 2. The van der Waals surface area contributed by atoms with E-state index in [2.05, 4.69) is 0 Å². The molecule has 1 aliphatic heterocycles. The summed E-state index contributed by atoms with van der Waals surface area (Å²) in [6, 6.07) is 16.7. The predicted octanol–water partition coefficient (Wildman–Crippen LogP) is 3.36. The first-order valence-electron chi connectivity index (χ1n) is 7.86. The van der Waals surface area contributed by atoms with Crippen LogP contribution in [0.5, 0.6) is 0 Å². The number of hydrogen-bond acceptors (Lipinski definition) is 4. The maximum absolute atomic E-state index is 12.3. The fraction of sp³-hybridized carbons (Fsp3) is 0.100. The Balaban J connectivity index is 1.68. The summed E-state index contributed by atoms with van der Waals surface area (Å²) in [6.07, 6.45) is 2.38. The van der Waals surface area contributed by atoms with Crippen LogP contribution in [0.25, 0.3) is 17.0 Å². The van der Waals surface area contributed by atoms with Gasteiger partial charge in [-0.1, -0.05) is 48.5 Å². The van der Waals surface area contributed by atoms with Crippen LogP contribution in [0.15, 0.2) is 66.4 Å². The number of para-hydroxylation sites is 1. The Kier molecular flexibility index (Phi) is 3.61. The van der Waals surface area contributed by atoms with E-state index in [1.54, 1.807) is 24.3 Å². The first-order chi connectivity index (χ1) is 12.1. The largest absolute Gasteiger partial charge is 0.417 e. The van der Waals surface area contributed by atoms with Gasteiger partial charge in [0.05, 0.1) is 0 Å². The zero-order valence-corrected chi connectivity index (χ0v) is 13.5. The fourth-order valence-corrected chi connectivity index (χ4v) is 2.94. The molecular formula is C20H15NO4. The van der Waals surface area contributed by atoms with E-state index < -0.39 is 18.2 Å². The Morgan fingerprint density at radius 1 is 0.920 bits per heavy atom. The van der Waals surface area contributed by atoms with Crippen LogP contribution in [0, 0.1) is 0 Å². The van der Waals surface area contributed by atoms with Crippen LogP contribution in [0.1, 0.15) is 17.4 Å². The second-order valence-corrected chi connectivity index (χ2v) is 5.82. The molecule has 4 rings (SSSR count). The Labute approximate surface area is 144 Å². The summed E-state index contributed by atoms with van der Waals surface area (Å²) in [4.78, 5) is 24.7. The van der Waals surface area contributed by atoms with Crippen molar-refractivity contribution in [2.24, 2.45) is 7.05 Å². The molecule has 0 unspecified atom stereocenters. The zero-order valence-electron chi connectivity index (χ0n) is 13.5. The Bertz CT molecular complexity index is 981. The Morgan fingerprint density at radius 3 is 2.28 bits per heavy atom. The third-order valence-corrected chi connectivity index (χ3v) is 4.17. The standard InChI is InChI=1S/C20H15NO4/c1-21-12-14(15-9-5-6-10-17(15)21)11-16-18(22)24-20(25-19(16)23)13-7-3-2-4-8-13/h2-12,20H,1H3. The summed E-state index contributed by atoms with van der Waals surface area (Å²) in [5.74, 6) is -1.36. The van der Waals surface area contributed by atoms with Gasteiger partial charge >= 0.3 is 11.9 Å². The molecule has 0 spiro atoms. The minimum Gasteiger partial charge on any atom is -0.417 e. The number of nitrogens with zero attached hydrogens (tertiary/aromatic N) is 1. The molecule has 2 aromatic carbocycles. The van der Waals surface area contributed by atoms with Gasteiger partial charge in [-0.05, 0) is 12.1 Å². The third-order valence-electron chi connectivity index (χ3n) is 4.17. The highest BCUT2D eigenvalue weighted by atomic mass is 16.7. The first-order valence-corrected chi connectivity index (χ1v) is 7.86. The van der Waals surface area contributed by atoms with Gasteiger partial charge in [-0.3, -0.25) is 0 Å². The third kappa shape index (κ3) is 2.70. The maximum atomic E-state index is 12.3. The number of ether oxygens (including phenoxy) is 2. The summed E-state index contributed by atoms with van der Waals surface area (Å²) in [6.45, 7) is 0. The number of rotatable bonds is 2. The number of carbonyl (C=O) groups is 2. The van der Waals surface area contributed by atoms with Crippen LogP contribution in [-0.2, 0) is 26.1 Å². The summed E-state index contributed by atoms with van der Waals surface area (Å²) < 4.78 is 12.5. The summed E-state index contributed by atoms with van der Waals surface area (Å²) in [5, 5.41) is 0.947. The maximum Gasteiger partial charge on any atom is 0.348 e. The van der Waals surface area contributed by atoms with Gasteiger partial charge in [0, 0.05) is 35.3 Å². The van der Waals surface area contributed by atoms with Gasteiger partial charge in [-0.25, -0.2) is 9.59 Å². The lowest BCUT2D eigenvalue weighted by molar-refractivity contribution is -0.195. The molecule has 1 aliphatic rings. The van der Waals surface area contributed by atoms with Gasteiger partial charge < -0.3 is 14.0 Å². The van der Waals surface area contributed by atoms with E-state index in [1.807, 2.05) is 48.1 Å². The van der Waals surface area contributed by atoms with Crippen LogP contribution >= 0.6 is 0 Å². The highest BCUT2D eigenvalue weighted by molar-refractivity contribution is 6.19. The van der Waals surface area contributed by atoms with Gasteiger partial charge in [0.15, 0.2) is 0 Å². The average Bonchev–Trinajstić information content (AvgIpc) is 2.95. The van der Waals surface area contributed by atoms with Crippen molar-refractivity contribution in [3.8, 4) is 0 Å². The molecule has 5 heteroatoms. The lowest BCUT2D eigenvalue weighted by Crippen LogP contribution is -2.29. The topological polar surface area (TPSA) is 57.5 Å². The molecule has 0 radical (unpaired) electrons. The Morgan fingerprint density at radius 2 is 1.56 bits per heavy atom. The molecule has 2 heterocycles. The van der Waals surface area contributed by atoms with E-state index in [9.17, 15) is 9.59 Å². The summed E-state index contributed by atoms with van der Waals surface area (Å²) in [5.41, 5.74) is 2.28. The van der Waals surface area contributed by atoms with E-state index in [1.165, 1.54) is 6.08 Å². The molecule has 0 atom stereocenters. The fourth-order valence-electron chi connectivity index (χ4n) is 2.94. The van der Waals surface area contributed by atoms with Crippen LogP contribution in [0.2, 0.25) is 0 Å². The van der Waals surface area contributed by atoms with Crippen molar-refractivity contribution in [2.45, 2.75) is 6.29 Å². The zero-order chi connectivity index (χ0) is 17.4. The minimum absolute atomic E-state index is 0.108. The van der Waals surface area contributed by atoms with Crippen molar-refractivity contribution in [2.75, 3.05) is 0 Å². The second-order valence-electron chi connectivity index (χ2n) is 5.82. The smallest absolute Gasteiger partial charge is 0.348 e. The molecule has 0 N–H and O–H groups in total. The molecule has 25 heavy (non-hydrogen) atoms. The highest BCUT2D eigenvalue weighted by Crippen LogP contribution is 2.29. The quantitative estimate of drug-likeness (QED) is 0.410. The molecule has 1 fully saturated rings. The van der Waals surface area contributed by atoms with Crippen molar-refractivity contribution in [3.63, 3.8) is 0 Å². The molecule has 3 aromatic rings. The molecule has 1 saturated heterocycles. The number of aryl methyl sites for hydroxylation is 1. The lowest BCUT2D eigenvalue weighted by Gasteiger charge is -2.23. The highest BCUT2D eigenvalue weighted by Gasteiger charge is 2.34. The summed E-state index contributed by atoms with van der Waals surface area (Å²) in [7, 11) is 1.91. The summed E-state index contributed by atoms with van der Waals surface area (Å²) >= 11 is 0. The molecule has 124 valence electrons. The number of benzene rings is 2. The SMILES string of the molecule is Cn1cc(C=C2C(=O)OC(c3ccccc3)OC2=O)c2ccccc21. The van der Waals surface area contributed by atoms with Gasteiger partial charge in [-0.15, -0.1) is 0 Å². The van der Waals surface area contributed by atoms with E-state index in [4.69, 9.17) is 9.47 Å². The number of aromatic nitrogens is 1. The number of hydrogen-bond donors (Lipinski definition) is 0.